The van der Waals surface area contributed by atoms with Crippen molar-refractivity contribution >= 4 is 11.8 Å². The molecule has 1 unspecified atom stereocenters. The molecular weight excluding hydrogens is 865 g/mol. The van der Waals surface area contributed by atoms with Gasteiger partial charge in [-0.3, -0.25) is 4.79 Å². The lowest BCUT2D eigenvalue weighted by molar-refractivity contribution is -0.335. The number of hydrogen-bond donors (Lipinski definition) is 5. The Hall–Kier alpha value is -2.80. The van der Waals surface area contributed by atoms with Gasteiger partial charge in [-0.15, -0.1) is 0 Å². The van der Waals surface area contributed by atoms with Crippen LogP contribution in [0.2, 0.25) is 0 Å². The van der Waals surface area contributed by atoms with Crippen LogP contribution in [0.25, 0.3) is 0 Å². The maximum atomic E-state index is 15.0. The molecule has 23 atom stereocenters. The van der Waals surface area contributed by atoms with E-state index in [1.165, 1.54) is 7.11 Å². The first kappa shape index (κ1) is 50.6. The first-order valence-corrected chi connectivity index (χ1v) is 24.7. The molecule has 8 rings (SSSR count). The summed E-state index contributed by atoms with van der Waals surface area (Å²) in [5.74, 6) is -3.36. The van der Waals surface area contributed by atoms with Crippen LogP contribution in [0, 0.1) is 46.8 Å². The number of allylic oxidation sites excluding steroid dienone is 4. The molecule has 4 saturated heterocycles. The summed E-state index contributed by atoms with van der Waals surface area (Å²) in [4.78, 5) is 29.3. The number of carbonyl (C=O) groups is 2. The van der Waals surface area contributed by atoms with Gasteiger partial charge in [-0.1, -0.05) is 69.2 Å². The molecule has 67 heavy (non-hydrogen) atoms. The first-order chi connectivity index (χ1) is 31.6. The van der Waals surface area contributed by atoms with Crippen LogP contribution in [0.3, 0.4) is 0 Å². The van der Waals surface area contributed by atoms with E-state index in [9.17, 15) is 30.3 Å². The standard InChI is InChI=1S/C52H76O15/c1-23-12-15-35(53)25(3)18-32-17-24(2)28(6)22-52(32)49(58)42(50(59)67-52)48(57)51(10)34(23)14-13-33-43(51)26(4)16-27(5)45(33)65-41-21-38(44(56)29(7)61-41)64-39-20-37(55)47(31(9)63-39)66-40-19-36(54)46(60-11)30(8)62-40/h12-14,17-18,26-41,43-47,53-57H,15-16,19-22H2,1-11H3/b23-12+,25-18+,48-42?/t26-,27-,28+,29+,30+,31+,32-,33-,34-,35-,36-,37-,38-,39?,40+,41-,43+,44-,45-,46-,47-,51+,52-/m0/s1. The second kappa shape index (κ2) is 19.4. The number of fused-ring (bicyclic) bond motifs is 4. The van der Waals surface area contributed by atoms with Gasteiger partial charge in [-0.05, 0) is 83.6 Å². The van der Waals surface area contributed by atoms with Gasteiger partial charge in [0.25, 0.3) is 0 Å². The molecule has 4 heterocycles. The summed E-state index contributed by atoms with van der Waals surface area (Å²) in [5.41, 5.74) is -0.400. The highest BCUT2D eigenvalue weighted by molar-refractivity contribution is 6.26. The van der Waals surface area contributed by atoms with E-state index < -0.39 is 121 Å². The largest absolute Gasteiger partial charge is 0.511 e. The molecule has 5 N–H and O–H groups in total. The number of methoxy groups -OCH3 is 1. The second-order valence-electron chi connectivity index (χ2n) is 21.6. The molecule has 5 fully saturated rings. The van der Waals surface area contributed by atoms with Crippen LogP contribution < -0.4 is 0 Å². The van der Waals surface area contributed by atoms with Crippen LogP contribution in [0.5, 0.6) is 0 Å². The van der Waals surface area contributed by atoms with Gasteiger partial charge in [0.1, 0.15) is 29.6 Å². The Kier molecular flexibility index (Phi) is 14.7. The number of carbonyl (C=O) groups excluding carboxylic acids is 2. The average Bonchev–Trinajstić information content (AvgIpc) is 3.50. The van der Waals surface area contributed by atoms with Crippen molar-refractivity contribution in [2.24, 2.45) is 46.8 Å². The maximum Gasteiger partial charge on any atom is 0.346 e. The third kappa shape index (κ3) is 9.11. The lowest BCUT2D eigenvalue weighted by Crippen LogP contribution is -2.57. The molecule has 0 amide bonds. The van der Waals surface area contributed by atoms with Crippen molar-refractivity contribution in [3.05, 3.63) is 58.4 Å². The Morgan fingerprint density at radius 3 is 1.96 bits per heavy atom. The highest BCUT2D eigenvalue weighted by Crippen LogP contribution is 2.61. The molecule has 2 bridgehead atoms. The zero-order valence-electron chi connectivity index (χ0n) is 41.1. The van der Waals surface area contributed by atoms with Gasteiger partial charge in [-0.2, -0.15) is 0 Å². The molecule has 0 aromatic carbocycles. The highest BCUT2D eigenvalue weighted by Gasteiger charge is 2.63. The van der Waals surface area contributed by atoms with Gasteiger partial charge in [0.05, 0.1) is 48.8 Å². The van der Waals surface area contributed by atoms with Crippen LogP contribution in [0.4, 0.5) is 0 Å². The van der Waals surface area contributed by atoms with Crippen molar-refractivity contribution in [2.45, 2.75) is 199 Å². The lowest BCUT2D eigenvalue weighted by Gasteiger charge is -2.56. The van der Waals surface area contributed by atoms with Gasteiger partial charge in [0, 0.05) is 56.0 Å². The number of ketones is 1. The number of aliphatic hydroxyl groups excluding tert-OH is 5. The van der Waals surface area contributed by atoms with Gasteiger partial charge >= 0.3 is 5.97 Å². The molecule has 15 heteroatoms. The van der Waals surface area contributed by atoms with Crippen LogP contribution in [0.1, 0.15) is 108 Å². The quantitative estimate of drug-likeness (QED) is 0.118. The summed E-state index contributed by atoms with van der Waals surface area (Å²) in [5, 5.41) is 57.7. The van der Waals surface area contributed by atoms with E-state index in [1.807, 2.05) is 52.8 Å². The van der Waals surface area contributed by atoms with Gasteiger partial charge < -0.3 is 63.4 Å². The number of Topliss-reactive ketones (excluding diaryl/α,β-unsaturated/α-hetero) is 1. The number of rotatable bonds is 7. The molecule has 8 aliphatic rings. The fourth-order valence-corrected chi connectivity index (χ4v) is 13.3. The minimum atomic E-state index is -1.56. The summed E-state index contributed by atoms with van der Waals surface area (Å²) in [7, 11) is 1.52. The molecule has 1 spiro atoms. The summed E-state index contributed by atoms with van der Waals surface area (Å²) in [6.07, 6.45) is 1.40. The van der Waals surface area contributed by atoms with Crippen molar-refractivity contribution in [1.29, 1.82) is 0 Å². The van der Waals surface area contributed by atoms with E-state index in [0.29, 0.717) is 18.4 Å². The maximum absolute atomic E-state index is 15.0. The Balaban J connectivity index is 1.04. The molecule has 0 aromatic rings. The third-order valence-corrected chi connectivity index (χ3v) is 17.1. The number of hydrogen-bond acceptors (Lipinski definition) is 15. The van der Waals surface area contributed by atoms with E-state index in [4.69, 9.17) is 37.9 Å². The predicted molar refractivity (Wildman–Crippen MR) is 244 cm³/mol. The van der Waals surface area contributed by atoms with E-state index in [0.717, 1.165) is 11.1 Å². The van der Waals surface area contributed by atoms with E-state index in [1.54, 1.807) is 20.8 Å². The smallest absolute Gasteiger partial charge is 0.346 e. The van der Waals surface area contributed by atoms with Crippen molar-refractivity contribution in [3.8, 4) is 0 Å². The lowest BCUT2D eigenvalue weighted by atomic mass is 9.49. The van der Waals surface area contributed by atoms with Crippen LogP contribution in [-0.4, -0.2) is 136 Å². The Labute approximate surface area is 395 Å². The molecule has 1 saturated carbocycles. The fourth-order valence-electron chi connectivity index (χ4n) is 13.3. The van der Waals surface area contributed by atoms with Gasteiger partial charge in [0.15, 0.2) is 24.5 Å². The number of aliphatic hydroxyl groups is 5. The van der Waals surface area contributed by atoms with Crippen LogP contribution >= 0.6 is 0 Å². The van der Waals surface area contributed by atoms with E-state index in [2.05, 4.69) is 26.0 Å². The first-order valence-electron chi connectivity index (χ1n) is 24.7. The van der Waals surface area contributed by atoms with E-state index in [-0.39, 0.29) is 66.6 Å². The Morgan fingerprint density at radius 1 is 0.701 bits per heavy atom. The third-order valence-electron chi connectivity index (χ3n) is 17.1. The summed E-state index contributed by atoms with van der Waals surface area (Å²) >= 11 is 0. The predicted octanol–water partition coefficient (Wildman–Crippen LogP) is 5.68. The molecule has 0 radical (unpaired) electrons. The van der Waals surface area contributed by atoms with Gasteiger partial charge in [-0.25, -0.2) is 4.79 Å². The average molecular weight is 941 g/mol. The number of ether oxygens (including phenoxy) is 8. The SMILES string of the molecule is CO[C@@H]1[C@@H](O)C[C@@H](O[C@@H]2[C@@H](O)CC(O[C@H]3C[C@H](O[C@@H]4[C@H]5C=C[C@H]6/C(C)=C/C[C@H](O)/C(C)=C/[C@@H]7C=C(C)[C@H](C)C[C@]78OC(=O)C(=C(O)[C@@]6(C)[C@@H]5[C@@H](C)C[C@@H]4C)C8=O)O[C@H](C)[C@@H]3O)O[C@@H]2C)O[C@@H]1C. The molecular formula is C52H76O15. The Morgan fingerprint density at radius 2 is 1.30 bits per heavy atom. The fraction of sp³-hybridized carbons (Fsp3) is 0.769. The zero-order chi connectivity index (χ0) is 48.6. The highest BCUT2D eigenvalue weighted by atomic mass is 16.7. The summed E-state index contributed by atoms with van der Waals surface area (Å²) < 4.78 is 49.7. The molecule has 15 nitrogen and oxygen atoms in total. The normalized spacial score (nSPS) is 51.0. The van der Waals surface area contributed by atoms with Gasteiger partial charge in [0.2, 0.25) is 5.78 Å². The number of esters is 1. The van der Waals surface area contributed by atoms with Crippen molar-refractivity contribution in [1.82, 2.24) is 0 Å². The zero-order valence-corrected chi connectivity index (χ0v) is 41.1. The second-order valence-corrected chi connectivity index (χ2v) is 21.6. The van der Waals surface area contributed by atoms with Crippen molar-refractivity contribution in [2.75, 3.05) is 7.11 Å². The van der Waals surface area contributed by atoms with Crippen molar-refractivity contribution in [3.63, 3.8) is 0 Å². The summed E-state index contributed by atoms with van der Waals surface area (Å²) in [6, 6.07) is 0. The molecule has 4 aliphatic heterocycles. The van der Waals surface area contributed by atoms with Crippen LogP contribution in [0.15, 0.2) is 58.4 Å². The van der Waals surface area contributed by atoms with E-state index >= 15 is 4.79 Å². The summed E-state index contributed by atoms with van der Waals surface area (Å²) in [6.45, 7) is 19.4. The topological polar surface area (TPSA) is 209 Å². The molecule has 4 aliphatic carbocycles. The minimum Gasteiger partial charge on any atom is -0.511 e. The molecule has 0 aromatic heterocycles. The Bertz CT molecular complexity index is 2000. The molecule has 374 valence electrons. The van der Waals surface area contributed by atoms with Crippen molar-refractivity contribution < 1.29 is 73.0 Å². The minimum absolute atomic E-state index is 0.00162. The van der Waals surface area contributed by atoms with Crippen LogP contribution in [-0.2, 0) is 47.5 Å². The monoisotopic (exact) mass is 941 g/mol.